The average Bonchev–Trinajstić information content (AvgIpc) is 2.91. The summed E-state index contributed by atoms with van der Waals surface area (Å²) in [6.07, 6.45) is -0.398. The van der Waals surface area contributed by atoms with Crippen LogP contribution in [0, 0.1) is 11.8 Å². The zero-order valence-corrected chi connectivity index (χ0v) is 12.2. The molecular formula is C14H18N2O3S. The Balaban J connectivity index is 2.16. The van der Waals surface area contributed by atoms with Gasteiger partial charge in [-0.3, -0.25) is 4.79 Å². The number of aliphatic hydroxyl groups is 1. The Bertz CT molecular complexity index is 532. The van der Waals surface area contributed by atoms with E-state index in [0.29, 0.717) is 23.5 Å². The molecule has 108 valence electrons. The zero-order chi connectivity index (χ0) is 14.5. The predicted octanol–water partition coefficient (Wildman–Crippen LogP) is 0.280. The number of thiophene rings is 1. The van der Waals surface area contributed by atoms with Crippen LogP contribution in [0.1, 0.15) is 22.2 Å². The summed E-state index contributed by atoms with van der Waals surface area (Å²) in [5.41, 5.74) is 6.07. The van der Waals surface area contributed by atoms with Gasteiger partial charge in [0, 0.05) is 18.7 Å². The van der Waals surface area contributed by atoms with E-state index < -0.39 is 0 Å². The molecule has 1 amide bonds. The van der Waals surface area contributed by atoms with Crippen molar-refractivity contribution in [3.05, 3.63) is 21.9 Å². The van der Waals surface area contributed by atoms with E-state index in [1.807, 2.05) is 18.4 Å². The van der Waals surface area contributed by atoms with E-state index in [1.165, 1.54) is 11.3 Å². The molecule has 2 atom stereocenters. The second-order valence-corrected chi connectivity index (χ2v) is 5.55. The molecule has 0 radical (unpaired) electrons. The molecular weight excluding hydrogens is 276 g/mol. The molecule has 2 rings (SSSR count). The topological polar surface area (TPSA) is 75.8 Å². The van der Waals surface area contributed by atoms with Crippen LogP contribution in [-0.2, 0) is 4.74 Å². The minimum absolute atomic E-state index is 0.0603. The van der Waals surface area contributed by atoms with E-state index in [0.717, 1.165) is 0 Å². The normalized spacial score (nSPS) is 22.2. The quantitative estimate of drug-likeness (QED) is 0.768. The number of hydrogen-bond acceptors (Lipinski definition) is 5. The number of morpholine rings is 1. The maximum Gasteiger partial charge on any atom is 0.265 e. The van der Waals surface area contributed by atoms with E-state index in [1.54, 1.807) is 4.90 Å². The van der Waals surface area contributed by atoms with Gasteiger partial charge in [0.05, 0.1) is 25.4 Å². The minimum atomic E-state index is -0.318. The first-order valence-corrected chi connectivity index (χ1v) is 7.35. The summed E-state index contributed by atoms with van der Waals surface area (Å²) in [7, 11) is 0. The third kappa shape index (κ3) is 3.38. The molecule has 20 heavy (non-hydrogen) atoms. The highest BCUT2D eigenvalue weighted by Crippen LogP contribution is 2.21. The van der Waals surface area contributed by atoms with Crippen LogP contribution >= 0.6 is 11.3 Å². The van der Waals surface area contributed by atoms with Crippen LogP contribution in [0.4, 0.5) is 0 Å². The maximum atomic E-state index is 12.6. The standard InChI is InChI=1S/C14H18N2O3S/c1-10-7-16(8-12(9-17)19-10)14(18)13-11(3-2-5-15)4-6-20-13/h4,6,10,12,17H,5,7-9,15H2,1H3. The third-order valence-corrected chi connectivity index (χ3v) is 3.90. The van der Waals surface area contributed by atoms with Crippen LogP contribution in [0.5, 0.6) is 0 Å². The van der Waals surface area contributed by atoms with Crippen LogP contribution in [0.2, 0.25) is 0 Å². The molecule has 0 aromatic carbocycles. The molecule has 0 saturated carbocycles. The summed E-state index contributed by atoms with van der Waals surface area (Å²) in [6, 6.07) is 1.83. The molecule has 0 bridgehead atoms. The summed E-state index contributed by atoms with van der Waals surface area (Å²) >= 11 is 1.37. The Morgan fingerprint density at radius 2 is 2.45 bits per heavy atom. The van der Waals surface area contributed by atoms with Gasteiger partial charge in [0.2, 0.25) is 0 Å². The SMILES string of the molecule is CC1CN(C(=O)c2sccc2C#CCN)CC(CO)O1. The Hall–Kier alpha value is -1.39. The van der Waals surface area contributed by atoms with Crippen molar-refractivity contribution in [1.29, 1.82) is 0 Å². The highest BCUT2D eigenvalue weighted by molar-refractivity contribution is 7.12. The van der Waals surface area contributed by atoms with Crippen LogP contribution in [0.25, 0.3) is 0 Å². The van der Waals surface area contributed by atoms with Crippen molar-refractivity contribution in [2.75, 3.05) is 26.2 Å². The van der Waals surface area contributed by atoms with Crippen molar-refractivity contribution in [3.63, 3.8) is 0 Å². The molecule has 1 saturated heterocycles. The summed E-state index contributed by atoms with van der Waals surface area (Å²) in [6.45, 7) is 3.01. The number of aliphatic hydroxyl groups excluding tert-OH is 1. The minimum Gasteiger partial charge on any atom is -0.394 e. The molecule has 1 aromatic heterocycles. The summed E-state index contributed by atoms with van der Waals surface area (Å²) in [5.74, 6) is 5.62. The number of ether oxygens (including phenoxy) is 1. The molecule has 2 heterocycles. The second kappa shape index (κ2) is 6.86. The fraction of sp³-hybridized carbons (Fsp3) is 0.500. The van der Waals surface area contributed by atoms with Crippen molar-refractivity contribution < 1.29 is 14.6 Å². The Kier molecular flexibility index (Phi) is 5.15. The third-order valence-electron chi connectivity index (χ3n) is 3.00. The lowest BCUT2D eigenvalue weighted by atomic mass is 10.2. The number of hydrogen-bond donors (Lipinski definition) is 2. The highest BCUT2D eigenvalue weighted by atomic mass is 32.1. The Morgan fingerprint density at radius 3 is 3.15 bits per heavy atom. The van der Waals surface area contributed by atoms with Gasteiger partial charge in [-0.2, -0.15) is 0 Å². The van der Waals surface area contributed by atoms with Crippen LogP contribution < -0.4 is 5.73 Å². The molecule has 1 fully saturated rings. The number of amides is 1. The number of nitrogens with zero attached hydrogens (tertiary/aromatic N) is 1. The molecule has 1 aromatic rings. The number of rotatable bonds is 2. The van der Waals surface area contributed by atoms with Gasteiger partial charge in [-0.1, -0.05) is 11.8 Å². The fourth-order valence-electron chi connectivity index (χ4n) is 2.18. The second-order valence-electron chi connectivity index (χ2n) is 4.63. The first kappa shape index (κ1) is 15.0. The van der Waals surface area contributed by atoms with Crippen molar-refractivity contribution in [2.45, 2.75) is 19.1 Å². The number of nitrogens with two attached hydrogens (primary N) is 1. The van der Waals surface area contributed by atoms with Gasteiger partial charge in [0.15, 0.2) is 0 Å². The lowest BCUT2D eigenvalue weighted by Crippen LogP contribution is -2.50. The van der Waals surface area contributed by atoms with Gasteiger partial charge in [-0.05, 0) is 18.4 Å². The van der Waals surface area contributed by atoms with E-state index in [4.69, 9.17) is 10.5 Å². The van der Waals surface area contributed by atoms with Crippen molar-refractivity contribution in [3.8, 4) is 11.8 Å². The van der Waals surface area contributed by atoms with Crippen molar-refractivity contribution >= 4 is 17.2 Å². The molecule has 5 nitrogen and oxygen atoms in total. The van der Waals surface area contributed by atoms with Crippen LogP contribution in [-0.4, -0.2) is 54.4 Å². The number of carbonyl (C=O) groups excluding carboxylic acids is 1. The Morgan fingerprint density at radius 1 is 1.65 bits per heavy atom. The summed E-state index contributed by atoms with van der Waals surface area (Å²) in [5, 5.41) is 11.1. The first-order chi connectivity index (χ1) is 9.65. The fourth-order valence-corrected chi connectivity index (χ4v) is 2.99. The zero-order valence-electron chi connectivity index (χ0n) is 11.3. The molecule has 6 heteroatoms. The molecule has 2 unspecified atom stereocenters. The molecule has 1 aliphatic heterocycles. The van der Waals surface area contributed by atoms with Gasteiger partial charge in [0.25, 0.3) is 5.91 Å². The Labute approximate surface area is 122 Å². The van der Waals surface area contributed by atoms with Crippen LogP contribution in [0.15, 0.2) is 11.4 Å². The number of carbonyl (C=O) groups is 1. The maximum absolute atomic E-state index is 12.6. The van der Waals surface area contributed by atoms with Gasteiger partial charge in [0.1, 0.15) is 4.88 Å². The monoisotopic (exact) mass is 294 g/mol. The van der Waals surface area contributed by atoms with E-state index >= 15 is 0 Å². The van der Waals surface area contributed by atoms with E-state index in [9.17, 15) is 9.90 Å². The first-order valence-electron chi connectivity index (χ1n) is 6.47. The van der Waals surface area contributed by atoms with Gasteiger partial charge in [-0.15, -0.1) is 11.3 Å². The van der Waals surface area contributed by atoms with Crippen molar-refractivity contribution in [2.24, 2.45) is 5.73 Å². The molecule has 0 spiro atoms. The summed E-state index contributed by atoms with van der Waals surface area (Å²) < 4.78 is 5.54. The van der Waals surface area contributed by atoms with Crippen LogP contribution in [0.3, 0.4) is 0 Å². The lowest BCUT2D eigenvalue weighted by Gasteiger charge is -2.35. The average molecular weight is 294 g/mol. The summed E-state index contributed by atoms with van der Waals surface area (Å²) in [4.78, 5) is 14.9. The lowest BCUT2D eigenvalue weighted by molar-refractivity contribution is -0.0857. The predicted molar refractivity (Wildman–Crippen MR) is 77.6 cm³/mol. The highest BCUT2D eigenvalue weighted by Gasteiger charge is 2.29. The molecule has 1 aliphatic rings. The van der Waals surface area contributed by atoms with Crippen molar-refractivity contribution in [1.82, 2.24) is 4.90 Å². The van der Waals surface area contributed by atoms with E-state index in [2.05, 4.69) is 11.8 Å². The van der Waals surface area contributed by atoms with Gasteiger partial charge >= 0.3 is 0 Å². The van der Waals surface area contributed by atoms with E-state index in [-0.39, 0.29) is 31.3 Å². The van der Waals surface area contributed by atoms with Gasteiger partial charge < -0.3 is 20.5 Å². The smallest absolute Gasteiger partial charge is 0.265 e. The molecule has 0 aliphatic carbocycles. The largest absolute Gasteiger partial charge is 0.394 e. The van der Waals surface area contributed by atoms with Gasteiger partial charge in [-0.25, -0.2) is 0 Å². The molecule has 3 N–H and O–H groups in total.